The summed E-state index contributed by atoms with van der Waals surface area (Å²) in [6.07, 6.45) is 2.47. The summed E-state index contributed by atoms with van der Waals surface area (Å²) in [6.45, 7) is 1.98. The molecular weight excluding hydrogens is 294 g/mol. The summed E-state index contributed by atoms with van der Waals surface area (Å²) in [6, 6.07) is 16.8. The minimum absolute atomic E-state index is 0.223. The summed E-state index contributed by atoms with van der Waals surface area (Å²) in [7, 11) is 2.08. The molecule has 1 saturated carbocycles. The van der Waals surface area contributed by atoms with E-state index >= 15 is 0 Å². The lowest BCUT2D eigenvalue weighted by Gasteiger charge is -2.23. The first-order chi connectivity index (χ1) is 10.6. The van der Waals surface area contributed by atoms with Crippen molar-refractivity contribution in [1.82, 2.24) is 4.90 Å². The average molecular weight is 316 g/mol. The van der Waals surface area contributed by atoms with E-state index in [1.165, 1.54) is 24.0 Å². The van der Waals surface area contributed by atoms with Crippen LogP contribution in [-0.4, -0.2) is 36.8 Å². The summed E-state index contributed by atoms with van der Waals surface area (Å²) in [5.41, 5.74) is 4.05. The molecular formula is C19H22ClNO. The van der Waals surface area contributed by atoms with Gasteiger partial charge in [-0.2, -0.15) is 0 Å². The molecule has 116 valence electrons. The summed E-state index contributed by atoms with van der Waals surface area (Å²) < 4.78 is 0. The zero-order chi connectivity index (χ0) is 15.6. The van der Waals surface area contributed by atoms with E-state index in [9.17, 15) is 0 Å². The Hall–Kier alpha value is -1.35. The Morgan fingerprint density at radius 2 is 1.82 bits per heavy atom. The Balaban J connectivity index is 1.77. The molecule has 0 atom stereocenters. The quantitative estimate of drug-likeness (QED) is 0.872. The predicted octanol–water partition coefficient (Wildman–Crippen LogP) is 3.96. The zero-order valence-electron chi connectivity index (χ0n) is 12.9. The van der Waals surface area contributed by atoms with Gasteiger partial charge in [-0.05, 0) is 48.7 Å². The van der Waals surface area contributed by atoms with E-state index in [0.29, 0.717) is 0 Å². The van der Waals surface area contributed by atoms with Gasteiger partial charge in [0.1, 0.15) is 0 Å². The van der Waals surface area contributed by atoms with Gasteiger partial charge in [0.15, 0.2) is 0 Å². The van der Waals surface area contributed by atoms with Crippen molar-refractivity contribution in [3.05, 3.63) is 59.1 Å². The molecule has 1 aliphatic rings. The van der Waals surface area contributed by atoms with Crippen LogP contribution in [0.15, 0.2) is 48.5 Å². The van der Waals surface area contributed by atoms with Gasteiger partial charge in [0.25, 0.3) is 0 Å². The smallest absolute Gasteiger partial charge is 0.0558 e. The second kappa shape index (κ2) is 6.41. The standard InChI is InChI=1S/C19H22ClNO/c1-21(11-12-22)14-19(9-10-19)17-7-5-15(6-8-17)16-3-2-4-18(20)13-16/h2-8,13,22H,9-12,14H2,1H3. The fourth-order valence-electron chi connectivity index (χ4n) is 3.14. The van der Waals surface area contributed by atoms with Crippen LogP contribution in [0.3, 0.4) is 0 Å². The van der Waals surface area contributed by atoms with Crippen LogP contribution in [0.4, 0.5) is 0 Å². The maximum atomic E-state index is 9.06. The van der Waals surface area contributed by atoms with Gasteiger partial charge < -0.3 is 10.0 Å². The zero-order valence-corrected chi connectivity index (χ0v) is 13.7. The summed E-state index contributed by atoms with van der Waals surface area (Å²) >= 11 is 6.07. The van der Waals surface area contributed by atoms with E-state index in [2.05, 4.69) is 42.3 Å². The van der Waals surface area contributed by atoms with Crippen LogP contribution in [0.25, 0.3) is 11.1 Å². The first-order valence-electron chi connectivity index (χ1n) is 7.79. The summed E-state index contributed by atoms with van der Waals surface area (Å²) in [5, 5.41) is 9.83. The van der Waals surface area contributed by atoms with E-state index in [1.807, 2.05) is 18.2 Å². The van der Waals surface area contributed by atoms with Gasteiger partial charge in [-0.1, -0.05) is 48.0 Å². The van der Waals surface area contributed by atoms with Crippen molar-refractivity contribution in [2.45, 2.75) is 18.3 Å². The van der Waals surface area contributed by atoms with Crippen LogP contribution in [0, 0.1) is 0 Å². The highest BCUT2D eigenvalue weighted by atomic mass is 35.5. The predicted molar refractivity (Wildman–Crippen MR) is 92.4 cm³/mol. The van der Waals surface area contributed by atoms with Gasteiger partial charge >= 0.3 is 0 Å². The number of nitrogens with zero attached hydrogens (tertiary/aromatic N) is 1. The topological polar surface area (TPSA) is 23.5 Å². The summed E-state index contributed by atoms with van der Waals surface area (Å²) in [4.78, 5) is 2.22. The first kappa shape index (κ1) is 15.5. The SMILES string of the molecule is CN(CCO)CC1(c2ccc(-c3cccc(Cl)c3)cc2)CC1. The van der Waals surface area contributed by atoms with Crippen LogP contribution in [0.2, 0.25) is 5.02 Å². The van der Waals surface area contributed by atoms with Crippen molar-refractivity contribution >= 4 is 11.6 Å². The number of aliphatic hydroxyl groups excluding tert-OH is 1. The number of rotatable bonds is 6. The van der Waals surface area contributed by atoms with E-state index in [1.54, 1.807) is 0 Å². The van der Waals surface area contributed by atoms with E-state index in [-0.39, 0.29) is 12.0 Å². The van der Waals surface area contributed by atoms with Gasteiger partial charge in [0, 0.05) is 23.5 Å². The van der Waals surface area contributed by atoms with Crippen molar-refractivity contribution in [3.8, 4) is 11.1 Å². The number of aliphatic hydroxyl groups is 1. The Bertz CT molecular complexity index is 634. The fraction of sp³-hybridized carbons (Fsp3) is 0.368. The van der Waals surface area contributed by atoms with Crippen molar-refractivity contribution in [2.24, 2.45) is 0 Å². The van der Waals surface area contributed by atoms with Gasteiger partial charge in [-0.15, -0.1) is 0 Å². The van der Waals surface area contributed by atoms with Crippen molar-refractivity contribution in [1.29, 1.82) is 0 Å². The molecule has 1 aliphatic carbocycles. The molecule has 1 N–H and O–H groups in total. The molecule has 0 aliphatic heterocycles. The molecule has 0 radical (unpaired) electrons. The molecule has 0 unspecified atom stereocenters. The van der Waals surface area contributed by atoms with Crippen LogP contribution >= 0.6 is 11.6 Å². The van der Waals surface area contributed by atoms with Crippen molar-refractivity contribution in [3.63, 3.8) is 0 Å². The molecule has 3 rings (SSSR count). The minimum Gasteiger partial charge on any atom is -0.395 e. The third kappa shape index (κ3) is 3.35. The lowest BCUT2D eigenvalue weighted by molar-refractivity contribution is 0.211. The number of halogens is 1. The Kier molecular flexibility index (Phi) is 4.53. The molecule has 2 aromatic carbocycles. The van der Waals surface area contributed by atoms with Crippen molar-refractivity contribution < 1.29 is 5.11 Å². The fourth-order valence-corrected chi connectivity index (χ4v) is 3.33. The first-order valence-corrected chi connectivity index (χ1v) is 8.17. The Morgan fingerprint density at radius 3 is 2.41 bits per heavy atom. The molecule has 0 heterocycles. The number of hydrogen-bond acceptors (Lipinski definition) is 2. The van der Waals surface area contributed by atoms with Crippen LogP contribution < -0.4 is 0 Å². The van der Waals surface area contributed by atoms with Gasteiger partial charge in [-0.25, -0.2) is 0 Å². The molecule has 2 aromatic rings. The highest BCUT2D eigenvalue weighted by Gasteiger charge is 2.44. The normalized spacial score (nSPS) is 16.0. The van der Waals surface area contributed by atoms with Crippen molar-refractivity contribution in [2.75, 3.05) is 26.7 Å². The van der Waals surface area contributed by atoms with Gasteiger partial charge in [0.05, 0.1) is 6.61 Å². The molecule has 0 saturated heterocycles. The largest absolute Gasteiger partial charge is 0.395 e. The molecule has 0 spiro atoms. The van der Waals surface area contributed by atoms with E-state index in [4.69, 9.17) is 16.7 Å². The van der Waals surface area contributed by atoms with Gasteiger partial charge in [0.2, 0.25) is 0 Å². The minimum atomic E-state index is 0.223. The van der Waals surface area contributed by atoms with Crippen LogP contribution in [-0.2, 0) is 5.41 Å². The summed E-state index contributed by atoms with van der Waals surface area (Å²) in [5.74, 6) is 0. The lowest BCUT2D eigenvalue weighted by atomic mass is 9.93. The second-order valence-electron chi connectivity index (χ2n) is 6.33. The van der Waals surface area contributed by atoms with Crippen LogP contribution in [0.5, 0.6) is 0 Å². The third-order valence-electron chi connectivity index (χ3n) is 4.56. The average Bonchev–Trinajstić information content (AvgIpc) is 3.28. The van der Waals surface area contributed by atoms with E-state index < -0.39 is 0 Å². The van der Waals surface area contributed by atoms with E-state index in [0.717, 1.165) is 23.7 Å². The number of likely N-dealkylation sites (N-methyl/N-ethyl adjacent to an activating group) is 1. The number of hydrogen-bond donors (Lipinski definition) is 1. The lowest BCUT2D eigenvalue weighted by Crippen LogP contribution is -2.31. The Labute approximate surface area is 137 Å². The molecule has 1 fully saturated rings. The molecule has 0 aromatic heterocycles. The monoisotopic (exact) mass is 315 g/mol. The maximum Gasteiger partial charge on any atom is 0.0558 e. The Morgan fingerprint density at radius 1 is 1.09 bits per heavy atom. The highest BCUT2D eigenvalue weighted by Crippen LogP contribution is 2.48. The third-order valence-corrected chi connectivity index (χ3v) is 4.80. The van der Waals surface area contributed by atoms with Gasteiger partial charge in [-0.3, -0.25) is 0 Å². The molecule has 3 heteroatoms. The number of benzene rings is 2. The molecule has 0 bridgehead atoms. The second-order valence-corrected chi connectivity index (χ2v) is 6.77. The molecule has 22 heavy (non-hydrogen) atoms. The van der Waals surface area contributed by atoms with Crippen LogP contribution in [0.1, 0.15) is 18.4 Å². The molecule has 2 nitrogen and oxygen atoms in total. The maximum absolute atomic E-state index is 9.06. The highest BCUT2D eigenvalue weighted by molar-refractivity contribution is 6.30. The molecule has 0 amide bonds.